The number of methoxy groups -OCH3 is 1. The van der Waals surface area contributed by atoms with Crippen LogP contribution >= 0.6 is 0 Å². The fourth-order valence-corrected chi connectivity index (χ4v) is 4.23. The van der Waals surface area contributed by atoms with Crippen LogP contribution in [0.2, 0.25) is 0 Å². The molecule has 222 valence electrons. The molecule has 2 aromatic rings. The van der Waals surface area contributed by atoms with E-state index in [1.54, 1.807) is 62.6 Å². The normalized spacial score (nSPS) is 18.7. The highest BCUT2D eigenvalue weighted by molar-refractivity contribution is 5.99. The van der Waals surface area contributed by atoms with Crippen molar-refractivity contribution in [3.63, 3.8) is 0 Å². The molecule has 1 heterocycles. The van der Waals surface area contributed by atoms with Gasteiger partial charge in [-0.3, -0.25) is 19.2 Å². The first-order valence-electron chi connectivity index (χ1n) is 13.9. The molecule has 3 N–H and O–H groups in total. The predicted molar refractivity (Wildman–Crippen MR) is 153 cm³/mol. The van der Waals surface area contributed by atoms with E-state index in [-0.39, 0.29) is 68.5 Å². The first kappa shape index (κ1) is 31.3. The van der Waals surface area contributed by atoms with Gasteiger partial charge in [0.05, 0.1) is 31.8 Å². The van der Waals surface area contributed by atoms with Gasteiger partial charge >= 0.3 is 0 Å². The molecule has 0 radical (unpaired) electrons. The summed E-state index contributed by atoms with van der Waals surface area (Å²) in [5, 5.41) is 8.49. The molecule has 0 saturated heterocycles. The quantitative estimate of drug-likeness (QED) is 0.416. The third kappa shape index (κ3) is 9.40. The lowest BCUT2D eigenvalue weighted by molar-refractivity contribution is -0.136. The van der Waals surface area contributed by atoms with Gasteiger partial charge in [-0.15, -0.1) is 0 Å². The van der Waals surface area contributed by atoms with E-state index in [0.717, 1.165) is 0 Å². The van der Waals surface area contributed by atoms with E-state index in [0.29, 0.717) is 23.8 Å². The number of amides is 4. The highest BCUT2D eigenvalue weighted by Crippen LogP contribution is 2.20. The number of ether oxygens (including phenoxy) is 3. The van der Waals surface area contributed by atoms with Crippen molar-refractivity contribution >= 4 is 23.6 Å². The summed E-state index contributed by atoms with van der Waals surface area (Å²) in [7, 11) is 1.58. The molecule has 1 aliphatic heterocycles. The summed E-state index contributed by atoms with van der Waals surface area (Å²) < 4.78 is 16.8. The Morgan fingerprint density at radius 2 is 1.78 bits per heavy atom. The molecule has 41 heavy (non-hydrogen) atoms. The molecule has 0 aromatic heterocycles. The van der Waals surface area contributed by atoms with Crippen molar-refractivity contribution in [3.8, 4) is 17.2 Å². The van der Waals surface area contributed by atoms with Gasteiger partial charge in [0.2, 0.25) is 17.7 Å². The van der Waals surface area contributed by atoms with E-state index >= 15 is 0 Å². The van der Waals surface area contributed by atoms with Gasteiger partial charge < -0.3 is 35.1 Å². The number of hydrogen-bond acceptors (Lipinski definition) is 7. The molecule has 0 unspecified atom stereocenters. The van der Waals surface area contributed by atoms with Crippen molar-refractivity contribution in [2.24, 2.45) is 5.92 Å². The van der Waals surface area contributed by atoms with Crippen LogP contribution in [0.3, 0.4) is 0 Å². The lowest BCUT2D eigenvalue weighted by Gasteiger charge is -2.25. The summed E-state index contributed by atoms with van der Waals surface area (Å²) in [5.74, 6) is 0.155. The summed E-state index contributed by atoms with van der Waals surface area (Å²) in [6, 6.07) is 12.4. The second-order valence-corrected chi connectivity index (χ2v) is 10.0. The molecule has 11 nitrogen and oxygen atoms in total. The number of nitrogens with zero attached hydrogens (tertiary/aromatic N) is 1. The third-order valence-corrected chi connectivity index (χ3v) is 6.77. The first-order valence-corrected chi connectivity index (χ1v) is 13.9. The second kappa shape index (κ2) is 15.5. The van der Waals surface area contributed by atoms with Gasteiger partial charge in [-0.2, -0.15) is 0 Å². The van der Waals surface area contributed by atoms with Gasteiger partial charge in [0.1, 0.15) is 36.5 Å². The van der Waals surface area contributed by atoms with Gasteiger partial charge in [-0.1, -0.05) is 26.0 Å². The van der Waals surface area contributed by atoms with Crippen LogP contribution in [0.25, 0.3) is 0 Å². The summed E-state index contributed by atoms with van der Waals surface area (Å²) in [4.78, 5) is 53.7. The number of para-hydroxylation sites is 1. The molecular weight excluding hydrogens is 528 g/mol. The Kier molecular flexibility index (Phi) is 11.8. The van der Waals surface area contributed by atoms with E-state index in [1.165, 1.54) is 4.90 Å². The molecule has 3 rings (SSSR count). The molecule has 0 fully saturated rings. The zero-order valence-corrected chi connectivity index (χ0v) is 24.1. The largest absolute Gasteiger partial charge is 0.497 e. The molecule has 0 bridgehead atoms. The number of likely N-dealkylation sites (N-methyl/N-ethyl adjacent to an activating group) is 1. The van der Waals surface area contributed by atoms with Crippen LogP contribution in [-0.4, -0.2) is 80.6 Å². The lowest BCUT2D eigenvalue weighted by Crippen LogP contribution is -2.49. The molecule has 2 atom stereocenters. The van der Waals surface area contributed by atoms with E-state index in [1.807, 2.05) is 13.8 Å². The minimum Gasteiger partial charge on any atom is -0.497 e. The highest BCUT2D eigenvalue weighted by atomic mass is 16.5. The molecule has 4 amide bonds. The monoisotopic (exact) mass is 568 g/mol. The SMILES string of the molecule is CCN1CC(=O)N[C@@H](C(C)C)COc2ccccc2C(=O)N[C@H](C(=O)NCCOc2ccc(OC)cc2)CCC1=O. The Bertz CT molecular complexity index is 1190. The molecular formula is C30H40N4O7. The maximum atomic E-state index is 13.3. The van der Waals surface area contributed by atoms with Crippen LogP contribution in [0.4, 0.5) is 0 Å². The van der Waals surface area contributed by atoms with Crippen molar-refractivity contribution in [1.29, 1.82) is 0 Å². The number of hydrogen-bond donors (Lipinski definition) is 3. The van der Waals surface area contributed by atoms with Gasteiger partial charge in [-0.25, -0.2) is 0 Å². The average molecular weight is 569 g/mol. The Morgan fingerprint density at radius 3 is 2.46 bits per heavy atom. The van der Waals surface area contributed by atoms with Crippen molar-refractivity contribution < 1.29 is 33.4 Å². The molecule has 0 spiro atoms. The maximum absolute atomic E-state index is 13.3. The molecule has 0 aliphatic carbocycles. The number of benzene rings is 2. The summed E-state index contributed by atoms with van der Waals surface area (Å²) in [5.41, 5.74) is 0.248. The van der Waals surface area contributed by atoms with Crippen LogP contribution in [0.5, 0.6) is 17.2 Å². The average Bonchev–Trinajstić information content (AvgIpc) is 2.97. The van der Waals surface area contributed by atoms with Crippen LogP contribution in [0.15, 0.2) is 48.5 Å². The Morgan fingerprint density at radius 1 is 1.07 bits per heavy atom. The lowest BCUT2D eigenvalue weighted by atomic mass is 10.1. The maximum Gasteiger partial charge on any atom is 0.255 e. The number of rotatable bonds is 8. The Hall–Kier alpha value is -4.28. The van der Waals surface area contributed by atoms with Crippen molar-refractivity contribution in [3.05, 3.63) is 54.1 Å². The number of fused-ring (bicyclic) bond motifs is 1. The molecule has 2 aromatic carbocycles. The molecule has 0 saturated carbocycles. The second-order valence-electron chi connectivity index (χ2n) is 10.0. The topological polar surface area (TPSA) is 135 Å². The standard InChI is InChI=1S/C30H40N4O7/c1-5-34-18-27(35)32-25(20(2)3)19-41-26-9-7-6-8-23(26)29(37)33-24(14-15-28(34)36)30(38)31-16-17-40-22-12-10-21(39-4)11-13-22/h6-13,20,24-25H,5,14-19H2,1-4H3,(H,31,38)(H,32,35)(H,33,37)/t24-,25+/m0/s1. The summed E-state index contributed by atoms with van der Waals surface area (Å²) in [6.07, 6.45) is 0.0130. The predicted octanol–water partition coefficient (Wildman–Crippen LogP) is 2.15. The van der Waals surface area contributed by atoms with Gasteiger partial charge in [0.15, 0.2) is 0 Å². The van der Waals surface area contributed by atoms with Crippen molar-refractivity contribution in [1.82, 2.24) is 20.9 Å². The van der Waals surface area contributed by atoms with E-state index in [9.17, 15) is 19.2 Å². The Labute approximate surface area is 240 Å². The third-order valence-electron chi connectivity index (χ3n) is 6.77. The van der Waals surface area contributed by atoms with Crippen molar-refractivity contribution in [2.75, 3.05) is 40.0 Å². The van der Waals surface area contributed by atoms with Crippen LogP contribution < -0.4 is 30.2 Å². The molecule has 11 heteroatoms. The Balaban J connectivity index is 1.74. The highest BCUT2D eigenvalue weighted by Gasteiger charge is 2.27. The fraction of sp³-hybridized carbons (Fsp3) is 0.467. The number of carbonyl (C=O) groups is 4. The van der Waals surface area contributed by atoms with Gasteiger partial charge in [0, 0.05) is 13.0 Å². The van der Waals surface area contributed by atoms with Crippen molar-refractivity contribution in [2.45, 2.75) is 45.7 Å². The van der Waals surface area contributed by atoms with Gasteiger partial charge in [-0.05, 0) is 55.7 Å². The number of nitrogens with one attached hydrogen (secondary N) is 3. The van der Waals surface area contributed by atoms with E-state index in [4.69, 9.17) is 14.2 Å². The minimum atomic E-state index is -0.999. The summed E-state index contributed by atoms with van der Waals surface area (Å²) >= 11 is 0. The number of carbonyl (C=O) groups excluding carboxylic acids is 4. The first-order chi connectivity index (χ1) is 19.7. The smallest absolute Gasteiger partial charge is 0.255 e. The van der Waals surface area contributed by atoms with Gasteiger partial charge in [0.25, 0.3) is 5.91 Å². The summed E-state index contributed by atoms with van der Waals surface area (Å²) in [6.45, 7) is 6.42. The van der Waals surface area contributed by atoms with E-state index in [2.05, 4.69) is 16.0 Å². The van der Waals surface area contributed by atoms with E-state index < -0.39 is 17.9 Å². The minimum absolute atomic E-state index is 0.0341. The zero-order chi connectivity index (χ0) is 29.8. The fourth-order valence-electron chi connectivity index (χ4n) is 4.23. The van der Waals surface area contributed by atoms with Crippen LogP contribution in [0.1, 0.15) is 44.0 Å². The molecule has 1 aliphatic rings. The van der Waals surface area contributed by atoms with Crippen LogP contribution in [-0.2, 0) is 14.4 Å². The zero-order valence-electron chi connectivity index (χ0n) is 24.1. The van der Waals surface area contributed by atoms with Crippen LogP contribution in [0, 0.1) is 5.92 Å².